The lowest BCUT2D eigenvalue weighted by Crippen LogP contribution is -2.52. The molecule has 0 spiro atoms. The van der Waals surface area contributed by atoms with Crippen LogP contribution in [0.2, 0.25) is 0 Å². The SMILES string of the molecule is C=C(CCCC1CCC2C3CCC4CCCCC4(C)C3CCC12C)NCC(=O)SCCCC.CC.CC1([N+](=O)[O-])C=CC(OC(=O)O)=CC1. The van der Waals surface area contributed by atoms with Crippen molar-refractivity contribution in [2.75, 3.05) is 12.3 Å². The van der Waals surface area contributed by atoms with Crippen LogP contribution in [-0.4, -0.2) is 39.1 Å². The summed E-state index contributed by atoms with van der Waals surface area (Å²) in [5, 5.41) is 22.4. The van der Waals surface area contributed by atoms with Gasteiger partial charge in [0.1, 0.15) is 5.76 Å². The topological polar surface area (TPSA) is 119 Å². The Balaban J connectivity index is 0.000000341. The maximum Gasteiger partial charge on any atom is 0.511 e. The van der Waals surface area contributed by atoms with Crippen LogP contribution in [0.3, 0.4) is 0 Å². The number of fused-ring (bicyclic) bond motifs is 5. The maximum absolute atomic E-state index is 12.0. The smallest absolute Gasteiger partial charge is 0.449 e. The number of ether oxygens (including phenoxy) is 1. The quantitative estimate of drug-likeness (QED) is 0.0892. The second-order valence-electron chi connectivity index (χ2n) is 15.8. The molecule has 49 heavy (non-hydrogen) atoms. The molecule has 2 N–H and O–H groups in total. The Labute approximate surface area is 300 Å². The van der Waals surface area contributed by atoms with Gasteiger partial charge in [0.2, 0.25) is 10.7 Å². The zero-order chi connectivity index (χ0) is 36.2. The standard InChI is InChI=1S/C30H51NOS.C8H9NO5.C2H6/c1-5-6-20-33-28(32)21-31-22(2)10-9-12-24-14-16-26-25-15-13-23-11-7-8-18-29(23,3)27(25)17-19-30(24,26)4;1-8(9(12)13)4-2-6(3-5-8)14-7(10)11;1-2/h23-27,31H,2,5-21H2,1,3-4H3;2-4H,5H2,1H3,(H,10,11);1-2H3. The molecular formula is C40H66N2O6S. The fourth-order valence-electron chi connectivity index (χ4n) is 10.1. The molecule has 278 valence electrons. The van der Waals surface area contributed by atoms with Crippen molar-refractivity contribution in [2.45, 2.75) is 150 Å². The summed E-state index contributed by atoms with van der Waals surface area (Å²) in [6.07, 6.45) is 23.6. The van der Waals surface area contributed by atoms with E-state index in [0.717, 1.165) is 60.3 Å². The van der Waals surface area contributed by atoms with E-state index in [1.54, 1.807) is 0 Å². The van der Waals surface area contributed by atoms with E-state index in [1.807, 2.05) is 13.8 Å². The summed E-state index contributed by atoms with van der Waals surface area (Å²) in [5.41, 5.74) is 1.15. The van der Waals surface area contributed by atoms with Gasteiger partial charge in [-0.3, -0.25) is 14.9 Å². The molecule has 0 bridgehead atoms. The van der Waals surface area contributed by atoms with Crippen molar-refractivity contribution in [3.05, 3.63) is 46.4 Å². The summed E-state index contributed by atoms with van der Waals surface area (Å²) in [6, 6.07) is 0. The summed E-state index contributed by atoms with van der Waals surface area (Å²) in [7, 11) is 0. The van der Waals surface area contributed by atoms with Crippen LogP contribution in [0.4, 0.5) is 4.79 Å². The third-order valence-corrected chi connectivity index (χ3v) is 14.0. The molecular weight excluding hydrogens is 637 g/mol. The zero-order valence-electron chi connectivity index (χ0n) is 31.4. The lowest BCUT2D eigenvalue weighted by Gasteiger charge is -2.60. The number of hydrogen-bond acceptors (Lipinski definition) is 7. The zero-order valence-corrected chi connectivity index (χ0v) is 32.2. The molecule has 8 unspecified atom stereocenters. The van der Waals surface area contributed by atoms with E-state index in [-0.39, 0.29) is 17.3 Å². The van der Waals surface area contributed by atoms with Crippen molar-refractivity contribution in [3.8, 4) is 0 Å². The highest BCUT2D eigenvalue weighted by atomic mass is 32.2. The Hall–Kier alpha value is -2.29. The number of unbranched alkanes of at least 4 members (excludes halogenated alkanes) is 1. The molecule has 8 atom stereocenters. The number of thioether (sulfide) groups is 1. The van der Waals surface area contributed by atoms with E-state index < -0.39 is 16.6 Å². The fourth-order valence-corrected chi connectivity index (χ4v) is 11.0. The Morgan fingerprint density at radius 3 is 2.43 bits per heavy atom. The van der Waals surface area contributed by atoms with E-state index in [9.17, 15) is 19.7 Å². The molecule has 0 aliphatic heterocycles. The van der Waals surface area contributed by atoms with Gasteiger partial charge in [-0.25, -0.2) is 4.79 Å². The normalized spacial score (nSPS) is 34.2. The van der Waals surface area contributed by atoms with Gasteiger partial charge in [-0.2, -0.15) is 0 Å². The molecule has 5 aliphatic rings. The minimum atomic E-state index is -1.43. The second-order valence-corrected chi connectivity index (χ2v) is 16.9. The Morgan fingerprint density at radius 1 is 1.04 bits per heavy atom. The Bertz CT molecular complexity index is 1200. The van der Waals surface area contributed by atoms with E-state index in [0.29, 0.717) is 17.4 Å². The molecule has 8 nitrogen and oxygen atoms in total. The molecule has 0 heterocycles. The van der Waals surface area contributed by atoms with E-state index in [1.165, 1.54) is 114 Å². The molecule has 0 aromatic carbocycles. The number of nitro groups is 1. The largest absolute Gasteiger partial charge is 0.511 e. The molecule has 4 saturated carbocycles. The molecule has 9 heteroatoms. The number of carboxylic acid groups (broad SMARTS) is 1. The molecule has 5 aliphatic carbocycles. The van der Waals surface area contributed by atoms with Gasteiger partial charge in [0.05, 0.1) is 6.54 Å². The highest BCUT2D eigenvalue weighted by Crippen LogP contribution is 2.67. The number of carbonyl (C=O) groups excluding carboxylic acids is 1. The first-order chi connectivity index (χ1) is 23.3. The first-order valence-corrected chi connectivity index (χ1v) is 20.3. The lowest BCUT2D eigenvalue weighted by atomic mass is 9.45. The van der Waals surface area contributed by atoms with Gasteiger partial charge in [0.15, 0.2) is 0 Å². The van der Waals surface area contributed by atoms with Crippen molar-refractivity contribution in [2.24, 2.45) is 40.4 Å². The van der Waals surface area contributed by atoms with Crippen LogP contribution in [0.15, 0.2) is 36.3 Å². The van der Waals surface area contributed by atoms with Gasteiger partial charge in [0, 0.05) is 29.7 Å². The highest BCUT2D eigenvalue weighted by Gasteiger charge is 2.59. The number of carbonyl (C=O) groups is 2. The average Bonchev–Trinajstić information content (AvgIpc) is 3.41. The van der Waals surface area contributed by atoms with Gasteiger partial charge in [-0.05, 0) is 136 Å². The third kappa shape index (κ3) is 10.4. The monoisotopic (exact) mass is 702 g/mol. The number of hydrogen-bond donors (Lipinski definition) is 2. The van der Waals surface area contributed by atoms with Crippen molar-refractivity contribution < 1.29 is 24.4 Å². The van der Waals surface area contributed by atoms with Crippen LogP contribution in [0.1, 0.15) is 144 Å². The van der Waals surface area contributed by atoms with Crippen LogP contribution in [0, 0.1) is 50.5 Å². The summed E-state index contributed by atoms with van der Waals surface area (Å²) in [5.74, 6) is 6.03. The van der Waals surface area contributed by atoms with Crippen LogP contribution >= 0.6 is 11.8 Å². The van der Waals surface area contributed by atoms with Crippen LogP contribution in [-0.2, 0) is 9.53 Å². The van der Waals surface area contributed by atoms with Crippen LogP contribution in [0.25, 0.3) is 0 Å². The number of allylic oxidation sites excluding steroid dienone is 2. The minimum Gasteiger partial charge on any atom is -0.449 e. The summed E-state index contributed by atoms with van der Waals surface area (Å²) in [6.45, 7) is 17.7. The van der Waals surface area contributed by atoms with Crippen molar-refractivity contribution in [3.63, 3.8) is 0 Å². The molecule has 0 saturated heterocycles. The fraction of sp³-hybridized carbons (Fsp3) is 0.800. The lowest BCUT2D eigenvalue weighted by molar-refractivity contribution is -0.549. The summed E-state index contributed by atoms with van der Waals surface area (Å²) in [4.78, 5) is 32.3. The van der Waals surface area contributed by atoms with E-state index >= 15 is 0 Å². The highest BCUT2D eigenvalue weighted by molar-refractivity contribution is 8.13. The first-order valence-electron chi connectivity index (χ1n) is 19.3. The molecule has 0 aromatic heterocycles. The molecule has 0 aromatic rings. The molecule has 5 rings (SSSR count). The van der Waals surface area contributed by atoms with Crippen molar-refractivity contribution in [1.82, 2.24) is 5.32 Å². The van der Waals surface area contributed by atoms with Gasteiger partial charge < -0.3 is 15.2 Å². The predicted octanol–water partition coefficient (Wildman–Crippen LogP) is 11.0. The van der Waals surface area contributed by atoms with Gasteiger partial charge >= 0.3 is 6.16 Å². The van der Waals surface area contributed by atoms with Gasteiger partial charge in [0.25, 0.3) is 0 Å². The van der Waals surface area contributed by atoms with E-state index in [4.69, 9.17) is 5.11 Å². The number of rotatable bonds is 12. The Kier molecular flexibility index (Phi) is 15.8. The summed E-state index contributed by atoms with van der Waals surface area (Å²) < 4.78 is 4.33. The number of nitrogens with zero attached hydrogens (tertiary/aromatic N) is 1. The van der Waals surface area contributed by atoms with Gasteiger partial charge in [-0.15, -0.1) is 0 Å². The molecule has 0 amide bonds. The molecule has 0 radical (unpaired) electrons. The predicted molar refractivity (Wildman–Crippen MR) is 201 cm³/mol. The average molecular weight is 703 g/mol. The third-order valence-electron chi connectivity index (χ3n) is 13.0. The van der Waals surface area contributed by atoms with Crippen LogP contribution < -0.4 is 5.32 Å². The van der Waals surface area contributed by atoms with Gasteiger partial charge in [-0.1, -0.05) is 72.2 Å². The van der Waals surface area contributed by atoms with Crippen molar-refractivity contribution >= 4 is 23.0 Å². The second kappa shape index (κ2) is 18.8. The van der Waals surface area contributed by atoms with Crippen LogP contribution in [0.5, 0.6) is 0 Å². The first kappa shape index (κ1) is 41.1. The minimum absolute atomic E-state index is 0.122. The van der Waals surface area contributed by atoms with Crippen molar-refractivity contribution in [1.29, 1.82) is 0 Å². The van der Waals surface area contributed by atoms with E-state index in [2.05, 4.69) is 37.4 Å². The maximum atomic E-state index is 12.0. The molecule has 4 fully saturated rings. The number of nitrogens with one attached hydrogen (secondary N) is 1. The summed E-state index contributed by atoms with van der Waals surface area (Å²) >= 11 is 1.47. The Morgan fingerprint density at radius 2 is 1.78 bits per heavy atom.